The first kappa shape index (κ1) is 27.1. The van der Waals surface area contributed by atoms with Gasteiger partial charge in [-0.3, -0.25) is 14.4 Å². The highest BCUT2D eigenvalue weighted by Crippen LogP contribution is 2.10. The number of carboxylic acids is 1. The lowest BCUT2D eigenvalue weighted by Crippen LogP contribution is -2.60. The van der Waals surface area contributed by atoms with Crippen molar-refractivity contribution in [1.82, 2.24) is 16.0 Å². The summed E-state index contributed by atoms with van der Waals surface area (Å²) in [5.41, 5.74) is 5.48. The van der Waals surface area contributed by atoms with Gasteiger partial charge in [0.1, 0.15) is 18.1 Å². The van der Waals surface area contributed by atoms with E-state index in [2.05, 4.69) is 16.0 Å². The van der Waals surface area contributed by atoms with Crippen LogP contribution in [0.15, 0.2) is 0 Å². The molecule has 0 aliphatic carbocycles. The molecule has 11 heteroatoms. The lowest BCUT2D eigenvalue weighted by Gasteiger charge is -2.27. The van der Waals surface area contributed by atoms with Crippen molar-refractivity contribution in [1.29, 1.82) is 0 Å². The van der Waals surface area contributed by atoms with E-state index < -0.39 is 54.0 Å². The summed E-state index contributed by atoms with van der Waals surface area (Å²) in [6.45, 7) is 6.28. The summed E-state index contributed by atoms with van der Waals surface area (Å²) in [4.78, 5) is 48.6. The molecule has 3 amide bonds. The number of amides is 3. The number of aliphatic carboxylic acids is 1. The van der Waals surface area contributed by atoms with Crippen LogP contribution in [0, 0.1) is 5.92 Å². The molecule has 6 unspecified atom stereocenters. The predicted octanol–water partition coefficient (Wildman–Crippen LogP) is -0.947. The van der Waals surface area contributed by atoms with Gasteiger partial charge in [0, 0.05) is 0 Å². The van der Waals surface area contributed by atoms with E-state index in [0.29, 0.717) is 12.2 Å². The molecule has 0 aromatic rings. The van der Waals surface area contributed by atoms with Crippen molar-refractivity contribution in [3.05, 3.63) is 0 Å². The van der Waals surface area contributed by atoms with E-state index in [1.54, 1.807) is 6.92 Å². The maximum atomic E-state index is 12.7. The average molecular weight is 435 g/mol. The number of hydrogen-bond donors (Lipinski definition) is 6. The Labute approximate surface area is 175 Å². The van der Waals surface area contributed by atoms with Gasteiger partial charge in [0.15, 0.2) is 0 Å². The van der Waals surface area contributed by atoms with Crippen molar-refractivity contribution in [2.45, 2.75) is 70.8 Å². The van der Waals surface area contributed by atoms with E-state index in [1.807, 2.05) is 13.2 Å². The molecule has 0 aromatic heterocycles. The Morgan fingerprint density at radius 3 is 1.93 bits per heavy atom. The van der Waals surface area contributed by atoms with Gasteiger partial charge >= 0.3 is 5.97 Å². The number of carbonyl (C=O) groups excluding carboxylic acids is 3. The first-order valence-electron chi connectivity index (χ1n) is 9.52. The summed E-state index contributed by atoms with van der Waals surface area (Å²) in [7, 11) is 0. The fraction of sp³-hybridized carbons (Fsp3) is 0.778. The Morgan fingerprint density at radius 2 is 1.52 bits per heavy atom. The zero-order valence-corrected chi connectivity index (χ0v) is 18.4. The average Bonchev–Trinajstić information content (AvgIpc) is 2.65. The first-order chi connectivity index (χ1) is 13.5. The molecule has 0 saturated carbocycles. The molecule has 0 bridgehead atoms. The molecular weight excluding hydrogens is 400 g/mol. The highest BCUT2D eigenvalue weighted by molar-refractivity contribution is 7.98. The number of thioether (sulfide) groups is 1. The van der Waals surface area contributed by atoms with Crippen LogP contribution < -0.4 is 21.7 Å². The molecule has 0 fully saturated rings. The standard InChI is InChI=1S/C18H34N4O6S/c1-6-9(2)13(18(27)28)21-16(25)12(7-8-29-5)20-17(26)14(11(4)23)22-15(24)10(3)19/h9-14,23H,6-8,19H2,1-5H3,(H,20,26)(H,21,25)(H,22,24)(H,27,28). The van der Waals surface area contributed by atoms with Crippen molar-refractivity contribution < 1.29 is 29.4 Å². The Kier molecular flexibility index (Phi) is 12.5. The van der Waals surface area contributed by atoms with Crippen molar-refractivity contribution in [2.24, 2.45) is 11.7 Å². The van der Waals surface area contributed by atoms with Crippen LogP contribution in [0.1, 0.15) is 40.5 Å². The normalized spacial score (nSPS) is 17.2. The number of aliphatic hydroxyl groups excluding tert-OH is 1. The van der Waals surface area contributed by atoms with Gasteiger partial charge in [0.05, 0.1) is 12.1 Å². The van der Waals surface area contributed by atoms with E-state index in [9.17, 15) is 29.4 Å². The topological polar surface area (TPSA) is 171 Å². The maximum Gasteiger partial charge on any atom is 0.326 e. The number of aliphatic hydroxyl groups is 1. The molecule has 0 rings (SSSR count). The molecule has 10 nitrogen and oxygen atoms in total. The summed E-state index contributed by atoms with van der Waals surface area (Å²) in [5.74, 6) is -2.95. The third-order valence-corrected chi connectivity index (χ3v) is 5.14. The molecule has 7 N–H and O–H groups in total. The number of carbonyl (C=O) groups is 4. The van der Waals surface area contributed by atoms with Gasteiger partial charge in [-0.1, -0.05) is 20.3 Å². The zero-order valence-electron chi connectivity index (χ0n) is 17.6. The second-order valence-electron chi connectivity index (χ2n) is 7.07. The van der Waals surface area contributed by atoms with Gasteiger partial charge in [0.2, 0.25) is 17.7 Å². The van der Waals surface area contributed by atoms with Crippen molar-refractivity contribution >= 4 is 35.5 Å². The molecule has 0 aliphatic heterocycles. The molecule has 0 radical (unpaired) electrons. The van der Waals surface area contributed by atoms with Crippen LogP contribution in [0.5, 0.6) is 0 Å². The van der Waals surface area contributed by atoms with Gasteiger partial charge in [-0.25, -0.2) is 4.79 Å². The number of hydrogen-bond acceptors (Lipinski definition) is 7. The van der Waals surface area contributed by atoms with Crippen molar-refractivity contribution in [3.63, 3.8) is 0 Å². The largest absolute Gasteiger partial charge is 0.480 e. The van der Waals surface area contributed by atoms with Crippen LogP contribution in [0.3, 0.4) is 0 Å². The quantitative estimate of drug-likeness (QED) is 0.215. The van der Waals surface area contributed by atoms with Gasteiger partial charge < -0.3 is 31.9 Å². The minimum Gasteiger partial charge on any atom is -0.480 e. The number of rotatable bonds is 13. The summed E-state index contributed by atoms with van der Waals surface area (Å²) in [6, 6.07) is -4.30. The first-order valence-corrected chi connectivity index (χ1v) is 10.9. The molecule has 29 heavy (non-hydrogen) atoms. The lowest BCUT2D eigenvalue weighted by atomic mass is 9.98. The Morgan fingerprint density at radius 1 is 0.966 bits per heavy atom. The molecule has 0 aliphatic rings. The zero-order chi connectivity index (χ0) is 22.7. The Balaban J connectivity index is 5.37. The van der Waals surface area contributed by atoms with Crippen LogP contribution in [0.25, 0.3) is 0 Å². The summed E-state index contributed by atoms with van der Waals surface area (Å²) < 4.78 is 0. The van der Waals surface area contributed by atoms with Crippen molar-refractivity contribution in [2.75, 3.05) is 12.0 Å². The fourth-order valence-corrected chi connectivity index (χ4v) is 2.86. The molecule has 168 valence electrons. The van der Waals surface area contributed by atoms with Crippen LogP contribution in [-0.2, 0) is 19.2 Å². The molecule has 6 atom stereocenters. The van der Waals surface area contributed by atoms with Gasteiger partial charge in [-0.2, -0.15) is 11.8 Å². The smallest absolute Gasteiger partial charge is 0.326 e. The van der Waals surface area contributed by atoms with Gasteiger partial charge in [-0.05, 0) is 38.2 Å². The molecule has 0 aromatic carbocycles. The van der Waals surface area contributed by atoms with E-state index in [-0.39, 0.29) is 12.3 Å². The maximum absolute atomic E-state index is 12.7. The number of nitrogens with one attached hydrogen (secondary N) is 3. The summed E-state index contributed by atoms with van der Waals surface area (Å²) in [5, 5.41) is 26.6. The van der Waals surface area contributed by atoms with E-state index in [0.717, 1.165) is 0 Å². The summed E-state index contributed by atoms with van der Waals surface area (Å²) in [6.07, 6.45) is 1.40. The third kappa shape index (κ3) is 9.46. The number of carboxylic acid groups (broad SMARTS) is 1. The van der Waals surface area contributed by atoms with Crippen LogP contribution in [0.4, 0.5) is 0 Å². The van der Waals surface area contributed by atoms with E-state index in [1.165, 1.54) is 25.6 Å². The number of nitrogens with two attached hydrogens (primary N) is 1. The van der Waals surface area contributed by atoms with Crippen LogP contribution >= 0.6 is 11.8 Å². The van der Waals surface area contributed by atoms with Crippen LogP contribution in [0.2, 0.25) is 0 Å². The monoisotopic (exact) mass is 434 g/mol. The second-order valence-corrected chi connectivity index (χ2v) is 8.05. The third-order valence-electron chi connectivity index (χ3n) is 4.50. The minimum atomic E-state index is -1.30. The van der Waals surface area contributed by atoms with Crippen molar-refractivity contribution in [3.8, 4) is 0 Å². The fourth-order valence-electron chi connectivity index (χ4n) is 2.39. The van der Waals surface area contributed by atoms with E-state index >= 15 is 0 Å². The highest BCUT2D eigenvalue weighted by Gasteiger charge is 2.32. The molecule has 0 saturated heterocycles. The molecule has 0 spiro atoms. The molecular formula is C18H34N4O6S. The Hall–Kier alpha value is -1.85. The minimum absolute atomic E-state index is 0.249. The highest BCUT2D eigenvalue weighted by atomic mass is 32.2. The van der Waals surface area contributed by atoms with E-state index in [4.69, 9.17) is 5.73 Å². The van der Waals surface area contributed by atoms with Gasteiger partial charge in [-0.15, -0.1) is 0 Å². The Bertz CT molecular complexity index is 573. The SMILES string of the molecule is CCC(C)C(NC(=O)C(CCSC)NC(=O)C(NC(=O)C(C)N)C(C)O)C(=O)O. The second kappa shape index (κ2) is 13.4. The summed E-state index contributed by atoms with van der Waals surface area (Å²) >= 11 is 1.46. The molecule has 0 heterocycles. The van der Waals surface area contributed by atoms with Gasteiger partial charge in [0.25, 0.3) is 0 Å². The lowest BCUT2D eigenvalue weighted by molar-refractivity contribution is -0.144. The predicted molar refractivity (Wildman–Crippen MR) is 111 cm³/mol. The van der Waals surface area contributed by atoms with Crippen LogP contribution in [-0.4, -0.2) is 76.2 Å².